The molecule has 20 N–H and O–H groups in total. The second kappa shape index (κ2) is 40.7. The van der Waals surface area contributed by atoms with Crippen LogP contribution in [0.15, 0.2) is 55.5 Å². The zero-order chi connectivity index (χ0) is 73.6. The number of hydrogen-bond acceptors (Lipinski definition) is 19. The maximum Gasteiger partial charge on any atom is 0.303 e. The number of carbonyl (C=O) groups excluding carboxylic acids is 13. The Morgan fingerprint density at radius 3 is 1.49 bits per heavy atom. The van der Waals surface area contributed by atoms with E-state index < -0.39 is 206 Å². The van der Waals surface area contributed by atoms with E-state index in [4.69, 9.17) is 5.73 Å². The first kappa shape index (κ1) is 80.5. The molecule has 4 heterocycles. The van der Waals surface area contributed by atoms with E-state index in [0.717, 1.165) is 6.92 Å². The van der Waals surface area contributed by atoms with Crippen LogP contribution < -0.4 is 74.9 Å². The third-order valence-electron chi connectivity index (χ3n) is 17.3. The smallest absolute Gasteiger partial charge is 0.303 e. The van der Waals surface area contributed by atoms with Crippen LogP contribution in [-0.2, 0) is 86.4 Å². The average molecular weight is 1400 g/mol. The largest absolute Gasteiger partial charge is 0.481 e. The number of benzene rings is 1. The number of amides is 12. The Morgan fingerprint density at radius 1 is 0.490 bits per heavy atom. The Labute approximate surface area is 577 Å². The van der Waals surface area contributed by atoms with Crippen LogP contribution in [0.25, 0.3) is 10.9 Å². The van der Waals surface area contributed by atoms with Crippen LogP contribution in [0, 0.1) is 17.8 Å². The summed E-state index contributed by atoms with van der Waals surface area (Å²) in [6.07, 6.45) is 5.29. The molecule has 100 heavy (non-hydrogen) atoms. The van der Waals surface area contributed by atoms with Crippen LogP contribution in [0.4, 0.5) is 0 Å². The van der Waals surface area contributed by atoms with Gasteiger partial charge in [-0.3, -0.25) is 67.1 Å². The standard InChI is InChI=1S/C65H97N19O16/c1-8-34(4)54-62(97)73-31-52(90)83-57(37(7)85)65(100)78-44(18-19-53(91)92)60(95)77-43(17-13-14-20-66)58(93)71-30-51(89)82-55(35(5)9-2)63(98)80-46(21-38-24-70-42-16-12-11-15-41(38)42)59(94)72-29-50(88)76-47(23-40-26-69-33-75-40)61(96)79-45(22-39-25-68-32-74-39)48(86)27-67-28-49(87)81-56(36(6)10-3)64(99)84-54/h11-12,15-16,24-26,32-37,43-47,54-57,67,70,85H,8-10,13-14,17-23,27-31,66H2,1-7H3,(H,68,74)(H,69,75)(H,71,93)(H,72,94)(H,73,97)(H,76,88)(H,77,95)(H,78,100)(H,79,96)(H,80,98)(H,81,87)(H,82,89)(H,83,90)(H,84,99)(H,91,92)/t34-,35-,36-,37+,43-,44-,45-,46-,47-,54-,55-,56-,57-/m0/s1. The van der Waals surface area contributed by atoms with Crippen molar-refractivity contribution >= 4 is 93.5 Å². The quantitative estimate of drug-likeness (QED) is 0.0375. The van der Waals surface area contributed by atoms with Gasteiger partial charge in [-0.25, -0.2) is 9.97 Å². The molecule has 0 radical (unpaired) electrons. The van der Waals surface area contributed by atoms with Crippen molar-refractivity contribution in [2.45, 2.75) is 180 Å². The number of fused-ring (bicyclic) bond motifs is 1. The maximum absolute atomic E-state index is 14.5. The Morgan fingerprint density at radius 2 is 0.940 bits per heavy atom. The van der Waals surface area contributed by atoms with Crippen LogP contribution in [0.5, 0.6) is 0 Å². The van der Waals surface area contributed by atoms with Gasteiger partial charge < -0.3 is 100 Å². The summed E-state index contributed by atoms with van der Waals surface area (Å²) in [5.74, 6) is -14.6. The first-order valence-electron chi connectivity index (χ1n) is 33.5. The van der Waals surface area contributed by atoms with Crippen molar-refractivity contribution in [3.8, 4) is 0 Å². The van der Waals surface area contributed by atoms with Crippen LogP contribution in [0.2, 0.25) is 0 Å². The topological polar surface area (TPSA) is 535 Å². The third kappa shape index (κ3) is 25.6. The summed E-state index contributed by atoms with van der Waals surface area (Å²) < 4.78 is 0. The van der Waals surface area contributed by atoms with Gasteiger partial charge in [0.05, 0.1) is 57.5 Å². The number of rotatable bonds is 20. The summed E-state index contributed by atoms with van der Waals surface area (Å²) in [4.78, 5) is 211. The lowest BCUT2D eigenvalue weighted by molar-refractivity contribution is -0.139. The van der Waals surface area contributed by atoms with Gasteiger partial charge in [-0.2, -0.15) is 0 Å². The van der Waals surface area contributed by atoms with E-state index >= 15 is 0 Å². The van der Waals surface area contributed by atoms with Gasteiger partial charge in [-0.05, 0) is 68.5 Å². The molecule has 0 saturated carbocycles. The summed E-state index contributed by atoms with van der Waals surface area (Å²) >= 11 is 0. The number of carboxylic acid groups (broad SMARTS) is 1. The molecule has 35 heteroatoms. The highest BCUT2D eigenvalue weighted by atomic mass is 16.4. The molecule has 548 valence electrons. The molecule has 0 bridgehead atoms. The van der Waals surface area contributed by atoms with Crippen molar-refractivity contribution in [2.75, 3.05) is 39.3 Å². The fourth-order valence-electron chi connectivity index (χ4n) is 10.7. The number of H-pyrrole nitrogens is 3. The molecule has 1 fully saturated rings. The highest BCUT2D eigenvalue weighted by Gasteiger charge is 2.37. The van der Waals surface area contributed by atoms with E-state index in [0.29, 0.717) is 53.5 Å². The molecule has 1 aliphatic rings. The van der Waals surface area contributed by atoms with Crippen LogP contribution in [0.1, 0.15) is 117 Å². The molecule has 1 aliphatic heterocycles. The normalized spacial score (nSPS) is 24.1. The fourth-order valence-corrected chi connectivity index (χ4v) is 10.7. The predicted octanol–water partition coefficient (Wildman–Crippen LogP) is -3.96. The van der Waals surface area contributed by atoms with Crippen molar-refractivity contribution in [1.29, 1.82) is 0 Å². The monoisotopic (exact) mass is 1400 g/mol. The number of Topliss-reactive ketones (excluding diaryl/α,β-unsaturated/α-hetero) is 1. The molecule has 1 saturated heterocycles. The lowest BCUT2D eigenvalue weighted by atomic mass is 9.95. The predicted molar refractivity (Wildman–Crippen MR) is 361 cm³/mol. The van der Waals surface area contributed by atoms with Gasteiger partial charge in [-0.15, -0.1) is 0 Å². The number of carbonyl (C=O) groups is 14. The van der Waals surface area contributed by atoms with E-state index in [1.54, 1.807) is 72.0 Å². The SMILES string of the molecule is CC[C@H](C)[C@@H]1NC(=O)CNC(=O)[C@H](CCCCN)NC(=O)[C@H](CCC(=O)O)NC(=O)[C@H]([C@@H](C)O)NC(=O)CNC(=O)[C@H]([C@@H](C)CC)NC(=O)[C@H]([C@@H](C)CC)NC(=O)CNCC(=O)[C@H](Cc2cnc[nH]2)NC(=O)[C@H](Cc2cnc[nH]2)NC(=O)CNC(=O)[C@H](Cc2c[nH]c3ccccc23)NC1=O. The minimum Gasteiger partial charge on any atom is -0.481 e. The molecule has 3 aromatic heterocycles. The number of aliphatic hydroxyl groups excluding tert-OH is 1. The average Bonchev–Trinajstić information content (AvgIpc) is 1.71. The van der Waals surface area contributed by atoms with Crippen molar-refractivity contribution < 1.29 is 77.3 Å². The molecule has 1 aromatic carbocycles. The Kier molecular flexibility index (Phi) is 32.7. The fraction of sp³-hybridized carbons (Fsp3) is 0.569. The van der Waals surface area contributed by atoms with E-state index in [2.05, 4.69) is 94.0 Å². The number of carboxylic acids is 1. The highest BCUT2D eigenvalue weighted by molar-refractivity contribution is 5.99. The highest BCUT2D eigenvalue weighted by Crippen LogP contribution is 2.20. The molecule has 12 amide bonds. The van der Waals surface area contributed by atoms with Crippen LogP contribution in [-0.4, -0.2) is 218 Å². The zero-order valence-electron chi connectivity index (χ0n) is 57.3. The van der Waals surface area contributed by atoms with E-state index in [1.807, 2.05) is 0 Å². The number of unbranched alkanes of at least 4 members (excludes halogenated alkanes) is 1. The Balaban J connectivity index is 1.50. The van der Waals surface area contributed by atoms with Gasteiger partial charge >= 0.3 is 5.97 Å². The Bertz CT molecular complexity index is 3430. The van der Waals surface area contributed by atoms with Crippen LogP contribution >= 0.6 is 0 Å². The van der Waals surface area contributed by atoms with Gasteiger partial charge in [-0.1, -0.05) is 79.0 Å². The van der Waals surface area contributed by atoms with Crippen LogP contribution in [0.3, 0.4) is 0 Å². The maximum atomic E-state index is 14.5. The van der Waals surface area contributed by atoms with Gasteiger partial charge in [0.25, 0.3) is 0 Å². The first-order valence-corrected chi connectivity index (χ1v) is 33.5. The minimum atomic E-state index is -1.83. The number of aromatic nitrogens is 5. The summed E-state index contributed by atoms with van der Waals surface area (Å²) in [5.41, 5.74) is 7.84. The molecular weight excluding hydrogens is 1300 g/mol. The number of nitrogens with two attached hydrogens (primary N) is 1. The number of imidazole rings is 2. The molecule has 0 aliphatic carbocycles. The third-order valence-corrected chi connectivity index (χ3v) is 17.3. The lowest BCUT2D eigenvalue weighted by Gasteiger charge is -2.29. The van der Waals surface area contributed by atoms with Gasteiger partial charge in [0.2, 0.25) is 70.9 Å². The van der Waals surface area contributed by atoms with Gasteiger partial charge in [0.15, 0.2) is 5.78 Å². The molecule has 0 spiro atoms. The number of nitrogens with zero attached hydrogens (tertiary/aromatic N) is 2. The molecule has 0 unspecified atom stereocenters. The Hall–Kier alpha value is -10.2. The number of para-hydroxylation sites is 1. The molecule has 35 nitrogen and oxygen atoms in total. The summed E-state index contributed by atoms with van der Waals surface area (Å²) in [5, 5.41) is 54.4. The molecule has 5 rings (SSSR count). The number of aliphatic carboxylic acids is 1. The van der Waals surface area contributed by atoms with Gasteiger partial charge in [0, 0.05) is 66.6 Å². The number of aromatic amines is 3. The van der Waals surface area contributed by atoms with E-state index in [9.17, 15) is 77.3 Å². The minimum absolute atomic E-state index is 0.0845. The second-order valence-corrected chi connectivity index (χ2v) is 24.9. The number of nitrogens with one attached hydrogen (secondary N) is 16. The molecule has 4 aromatic rings. The van der Waals surface area contributed by atoms with Crippen molar-refractivity contribution in [3.05, 3.63) is 72.5 Å². The lowest BCUT2D eigenvalue weighted by Crippen LogP contribution is -2.60. The first-order chi connectivity index (χ1) is 47.7. The van der Waals surface area contributed by atoms with E-state index in [-0.39, 0.29) is 38.6 Å². The zero-order valence-corrected chi connectivity index (χ0v) is 57.3. The van der Waals surface area contributed by atoms with E-state index in [1.165, 1.54) is 25.0 Å². The number of ketones is 1. The summed E-state index contributed by atoms with van der Waals surface area (Å²) in [7, 11) is 0. The van der Waals surface area contributed by atoms with Crippen molar-refractivity contribution in [2.24, 2.45) is 23.5 Å². The van der Waals surface area contributed by atoms with Gasteiger partial charge in [0.1, 0.15) is 48.3 Å². The van der Waals surface area contributed by atoms with Crippen molar-refractivity contribution in [3.63, 3.8) is 0 Å². The molecule has 13 atom stereocenters. The molecular formula is C65H97N19O16. The van der Waals surface area contributed by atoms with Crippen molar-refractivity contribution in [1.82, 2.24) is 94.0 Å². The summed E-state index contributed by atoms with van der Waals surface area (Å²) in [6, 6.07) is -5.89. The number of aliphatic hydroxyl groups is 1. The number of hydrogen-bond donors (Lipinski definition) is 19. The summed E-state index contributed by atoms with van der Waals surface area (Å²) in [6.45, 7) is 8.16. The second-order valence-electron chi connectivity index (χ2n) is 24.9.